The Bertz CT molecular complexity index is 217. The fourth-order valence-corrected chi connectivity index (χ4v) is 1.90. The normalized spacial score (nSPS) is 41.3. The van der Waals surface area contributed by atoms with Gasteiger partial charge in [0.15, 0.2) is 0 Å². The molecule has 0 aromatic heterocycles. The lowest BCUT2D eigenvalue weighted by atomic mass is 10.2. The first kappa shape index (κ1) is 6.79. The van der Waals surface area contributed by atoms with Crippen LogP contribution < -0.4 is 5.73 Å². The van der Waals surface area contributed by atoms with Crippen molar-refractivity contribution in [3.05, 3.63) is 0 Å². The first-order valence-electron chi connectivity index (χ1n) is 3.70. The van der Waals surface area contributed by atoms with E-state index in [0.717, 1.165) is 0 Å². The summed E-state index contributed by atoms with van der Waals surface area (Å²) >= 11 is 0. The van der Waals surface area contributed by atoms with Crippen molar-refractivity contribution in [3.63, 3.8) is 0 Å². The second-order valence-corrected chi connectivity index (χ2v) is 3.19. The van der Waals surface area contributed by atoms with Crippen LogP contribution in [-0.4, -0.2) is 30.3 Å². The highest BCUT2D eigenvalue weighted by atomic mass is 16.2. The summed E-state index contributed by atoms with van der Waals surface area (Å²) in [6, 6.07) is 0. The number of hydrogen-bond donors (Lipinski definition) is 1. The first-order chi connectivity index (χ1) is 5.18. The van der Waals surface area contributed by atoms with Crippen LogP contribution in [-0.2, 0) is 9.59 Å². The van der Waals surface area contributed by atoms with Crippen LogP contribution in [0.4, 0.5) is 0 Å². The Morgan fingerprint density at radius 2 is 1.82 bits per heavy atom. The summed E-state index contributed by atoms with van der Waals surface area (Å²) in [6.45, 7) is 0.459. The fraction of sp³-hybridized carbons (Fsp3) is 0.714. The van der Waals surface area contributed by atoms with Gasteiger partial charge in [-0.25, -0.2) is 0 Å². The highest BCUT2D eigenvalue weighted by molar-refractivity contribution is 6.09. The predicted molar refractivity (Wildman–Crippen MR) is 37.3 cm³/mol. The average Bonchev–Trinajstić information content (AvgIpc) is 2.68. The molecule has 2 fully saturated rings. The second-order valence-electron chi connectivity index (χ2n) is 3.19. The summed E-state index contributed by atoms with van der Waals surface area (Å²) in [4.78, 5) is 23.6. The molecule has 2 unspecified atom stereocenters. The largest absolute Gasteiger partial charge is 0.330 e. The molecule has 0 aromatic carbocycles. The quantitative estimate of drug-likeness (QED) is 0.483. The van der Waals surface area contributed by atoms with E-state index in [1.807, 2.05) is 0 Å². The zero-order valence-electron chi connectivity index (χ0n) is 6.28. The standard InChI is InChI=1S/C7H10N2O2/c1-9-6(10)4-3(2-8)5(4)7(9)11/h3-5H,2,8H2,1H3. The summed E-state index contributed by atoms with van der Waals surface area (Å²) in [7, 11) is 1.53. The molecule has 2 aliphatic rings. The monoisotopic (exact) mass is 154 g/mol. The third kappa shape index (κ3) is 0.625. The maximum Gasteiger partial charge on any atom is 0.233 e. The van der Waals surface area contributed by atoms with Crippen LogP contribution >= 0.6 is 0 Å². The van der Waals surface area contributed by atoms with Crippen molar-refractivity contribution in [1.29, 1.82) is 0 Å². The molecule has 11 heavy (non-hydrogen) atoms. The Balaban J connectivity index is 2.21. The second kappa shape index (κ2) is 1.82. The molecule has 1 saturated carbocycles. The third-order valence-electron chi connectivity index (χ3n) is 2.67. The lowest BCUT2D eigenvalue weighted by Crippen LogP contribution is -2.31. The maximum atomic E-state index is 11.2. The van der Waals surface area contributed by atoms with Gasteiger partial charge in [0, 0.05) is 7.05 Å². The van der Waals surface area contributed by atoms with E-state index < -0.39 is 0 Å². The average molecular weight is 154 g/mol. The Morgan fingerprint density at radius 1 is 1.36 bits per heavy atom. The molecule has 1 saturated heterocycles. The van der Waals surface area contributed by atoms with Gasteiger partial charge in [0.05, 0.1) is 11.8 Å². The number of nitrogens with two attached hydrogens (primary N) is 1. The molecule has 2 amide bonds. The van der Waals surface area contributed by atoms with Crippen LogP contribution in [0.3, 0.4) is 0 Å². The number of fused-ring (bicyclic) bond motifs is 1. The lowest BCUT2D eigenvalue weighted by molar-refractivity contribution is -0.140. The summed E-state index contributed by atoms with van der Waals surface area (Å²) in [5.41, 5.74) is 5.37. The summed E-state index contributed by atoms with van der Waals surface area (Å²) in [5.74, 6) is -0.0906. The minimum atomic E-state index is -0.0718. The number of rotatable bonds is 1. The van der Waals surface area contributed by atoms with E-state index in [1.54, 1.807) is 0 Å². The summed E-state index contributed by atoms with van der Waals surface area (Å²) in [5, 5.41) is 0. The number of likely N-dealkylation sites (tertiary alicyclic amines) is 1. The zero-order valence-corrected chi connectivity index (χ0v) is 6.28. The molecule has 0 bridgehead atoms. The maximum absolute atomic E-state index is 11.2. The van der Waals surface area contributed by atoms with E-state index >= 15 is 0 Å². The minimum absolute atomic E-state index is 0.0459. The van der Waals surface area contributed by atoms with Crippen LogP contribution in [0.25, 0.3) is 0 Å². The van der Waals surface area contributed by atoms with Gasteiger partial charge in [0.1, 0.15) is 0 Å². The van der Waals surface area contributed by atoms with Gasteiger partial charge in [-0.15, -0.1) is 0 Å². The smallest absolute Gasteiger partial charge is 0.233 e. The molecule has 2 N–H and O–H groups in total. The van der Waals surface area contributed by atoms with Crippen LogP contribution in [0.1, 0.15) is 0 Å². The van der Waals surface area contributed by atoms with Crippen molar-refractivity contribution < 1.29 is 9.59 Å². The summed E-state index contributed by atoms with van der Waals surface area (Å²) in [6.07, 6.45) is 0. The Hall–Kier alpha value is -0.900. The molecular formula is C7H10N2O2. The van der Waals surface area contributed by atoms with E-state index in [-0.39, 0.29) is 29.6 Å². The van der Waals surface area contributed by atoms with Gasteiger partial charge in [-0.1, -0.05) is 0 Å². The molecule has 60 valence electrons. The number of carbonyl (C=O) groups is 2. The molecule has 1 aliphatic heterocycles. The molecular weight excluding hydrogens is 144 g/mol. The van der Waals surface area contributed by atoms with E-state index in [9.17, 15) is 9.59 Å². The van der Waals surface area contributed by atoms with Gasteiger partial charge in [0.2, 0.25) is 11.8 Å². The van der Waals surface area contributed by atoms with Crippen molar-refractivity contribution in [3.8, 4) is 0 Å². The minimum Gasteiger partial charge on any atom is -0.330 e. The van der Waals surface area contributed by atoms with Crippen molar-refractivity contribution in [1.82, 2.24) is 4.90 Å². The fourth-order valence-electron chi connectivity index (χ4n) is 1.90. The molecule has 0 radical (unpaired) electrons. The van der Waals surface area contributed by atoms with Crippen LogP contribution in [0.15, 0.2) is 0 Å². The molecule has 1 heterocycles. The van der Waals surface area contributed by atoms with E-state index in [1.165, 1.54) is 11.9 Å². The van der Waals surface area contributed by atoms with Crippen molar-refractivity contribution in [2.75, 3.05) is 13.6 Å². The van der Waals surface area contributed by atoms with Gasteiger partial charge in [-0.05, 0) is 12.5 Å². The van der Waals surface area contributed by atoms with Crippen molar-refractivity contribution in [2.45, 2.75) is 0 Å². The topological polar surface area (TPSA) is 63.4 Å². The van der Waals surface area contributed by atoms with Crippen LogP contribution in [0, 0.1) is 17.8 Å². The Labute approximate surface area is 64.3 Å². The van der Waals surface area contributed by atoms with E-state index in [0.29, 0.717) is 6.54 Å². The molecule has 1 aliphatic carbocycles. The first-order valence-corrected chi connectivity index (χ1v) is 3.70. The molecule has 0 spiro atoms. The number of amides is 2. The van der Waals surface area contributed by atoms with Gasteiger partial charge < -0.3 is 5.73 Å². The molecule has 2 atom stereocenters. The highest BCUT2D eigenvalue weighted by Gasteiger charge is 2.65. The lowest BCUT2D eigenvalue weighted by Gasteiger charge is -2.10. The van der Waals surface area contributed by atoms with Gasteiger partial charge >= 0.3 is 0 Å². The molecule has 0 aromatic rings. The number of hydrogen-bond acceptors (Lipinski definition) is 3. The Kier molecular flexibility index (Phi) is 1.12. The van der Waals surface area contributed by atoms with Crippen molar-refractivity contribution >= 4 is 11.8 Å². The van der Waals surface area contributed by atoms with E-state index in [2.05, 4.69) is 0 Å². The number of carbonyl (C=O) groups excluding carboxylic acids is 2. The highest BCUT2D eigenvalue weighted by Crippen LogP contribution is 2.52. The van der Waals surface area contributed by atoms with Crippen LogP contribution in [0.5, 0.6) is 0 Å². The molecule has 4 heteroatoms. The predicted octanol–water partition coefficient (Wildman–Crippen LogP) is -1.19. The Morgan fingerprint density at radius 3 is 2.18 bits per heavy atom. The van der Waals surface area contributed by atoms with Gasteiger partial charge in [-0.2, -0.15) is 0 Å². The van der Waals surface area contributed by atoms with Gasteiger partial charge in [0.25, 0.3) is 0 Å². The number of imide groups is 1. The van der Waals surface area contributed by atoms with Crippen molar-refractivity contribution in [2.24, 2.45) is 23.5 Å². The number of nitrogens with zero attached hydrogens (tertiary/aromatic N) is 1. The third-order valence-corrected chi connectivity index (χ3v) is 2.67. The molecule has 2 rings (SSSR count). The number of piperidine rings is 1. The SMILES string of the molecule is CN1C(=O)C2C(CN)C2C1=O. The van der Waals surface area contributed by atoms with Crippen LogP contribution in [0.2, 0.25) is 0 Å². The zero-order chi connectivity index (χ0) is 8.17. The summed E-state index contributed by atoms with van der Waals surface area (Å²) < 4.78 is 0. The van der Waals surface area contributed by atoms with E-state index in [4.69, 9.17) is 5.73 Å². The molecule has 4 nitrogen and oxygen atoms in total. The van der Waals surface area contributed by atoms with Gasteiger partial charge in [-0.3, -0.25) is 14.5 Å².